The van der Waals surface area contributed by atoms with Gasteiger partial charge < -0.3 is 32.2 Å². The summed E-state index contributed by atoms with van der Waals surface area (Å²) in [5.41, 5.74) is 0. The first-order valence-corrected chi connectivity index (χ1v) is 2.02. The Morgan fingerprint density at radius 2 is 1.08 bits per heavy atom. The van der Waals surface area contributed by atoms with E-state index in [4.69, 9.17) is 0 Å². The predicted molar refractivity (Wildman–Crippen MR) is 30.8 cm³/mol. The Balaban J connectivity index is -0.0000000408. The van der Waals surface area contributed by atoms with Crippen LogP contribution in [0.3, 0.4) is 0 Å². The zero-order chi connectivity index (χ0) is 6.57. The number of rotatable bonds is 3. The Bertz CT molecular complexity index is 110. The topological polar surface area (TPSA) is 80.3 Å². The van der Waals surface area contributed by atoms with Gasteiger partial charge in [0.1, 0.15) is 0 Å². The van der Waals surface area contributed by atoms with E-state index in [1.807, 2.05) is 0 Å². The largest absolute Gasteiger partial charge is 2.00 e. The first kappa shape index (κ1) is 29.3. The number of halogens is 1. The molecule has 0 saturated heterocycles. The van der Waals surface area contributed by atoms with E-state index < -0.39 is 24.8 Å². The molecule has 0 bridgehead atoms. The van der Waals surface area contributed by atoms with Crippen molar-refractivity contribution in [3.8, 4) is 0 Å². The fourth-order valence-electron chi connectivity index (χ4n) is 0.204. The molecule has 0 atom stereocenters. The van der Waals surface area contributed by atoms with Gasteiger partial charge in [-0.15, -0.1) is 0 Å². The molecule has 54 valence electrons. The van der Waals surface area contributed by atoms with Crippen LogP contribution in [-0.2, 0) is 36.9 Å². The molecule has 4 nitrogen and oxygen atoms in total. The summed E-state index contributed by atoms with van der Waals surface area (Å²) in [6, 6.07) is 0. The van der Waals surface area contributed by atoms with Crippen LogP contribution in [-0.4, -0.2) is 87.4 Å². The van der Waals surface area contributed by atoms with E-state index in [9.17, 15) is 19.8 Å². The van der Waals surface area contributed by atoms with Crippen LogP contribution < -0.4 is 22.6 Å². The van der Waals surface area contributed by atoms with Crippen molar-refractivity contribution in [2.45, 2.75) is 12.8 Å². The van der Waals surface area contributed by atoms with E-state index in [-0.39, 0.29) is 115 Å². The van der Waals surface area contributed by atoms with Crippen molar-refractivity contribution in [2.75, 3.05) is 0 Å². The zero-order valence-corrected chi connectivity index (χ0v) is 15.8. The summed E-state index contributed by atoms with van der Waals surface area (Å²) >= 11 is 0. The number of carbonyl (C=O) groups excluding carboxylic acids is 2. The maximum absolute atomic E-state index is 9.50. The predicted octanol–water partition coefficient (Wildman–Crippen LogP) is -6.49. The van der Waals surface area contributed by atoms with Crippen LogP contribution >= 0.6 is 0 Å². The van der Waals surface area contributed by atoms with Gasteiger partial charge in [0, 0.05) is 11.9 Å². The first-order chi connectivity index (χ1) is 3.63. The van der Waals surface area contributed by atoms with E-state index in [0.29, 0.717) is 0 Å². The van der Waals surface area contributed by atoms with Crippen LogP contribution in [0.5, 0.6) is 0 Å². The van der Waals surface area contributed by atoms with Crippen molar-refractivity contribution < 1.29 is 59.5 Å². The second kappa shape index (κ2) is 19.3. The van der Waals surface area contributed by atoms with Gasteiger partial charge in [0.2, 0.25) is 0 Å². The standard InChI is InChI=1S/C4H6O4.2Ca.Cd.ClH/c5-3(6)1-2-4(7)8;;;;/h1-2H2,(H,5,6)(H,7,8);;;;1H/q;3*+2;/p-3. The summed E-state index contributed by atoms with van der Waals surface area (Å²) in [7, 11) is 0. The summed E-state index contributed by atoms with van der Waals surface area (Å²) in [4.78, 5) is 19.0. The van der Waals surface area contributed by atoms with Gasteiger partial charge in [0.25, 0.3) is 0 Å². The average molecular weight is 344 g/mol. The van der Waals surface area contributed by atoms with Gasteiger partial charge in [-0.2, -0.15) is 0 Å². The molecule has 0 N–H and O–H groups in total. The SMILES string of the molecule is O=C([O-])CCC(=O)[O-].[Ca+2].[Ca+2].[Cd+2].[Cl-]. The summed E-state index contributed by atoms with van der Waals surface area (Å²) in [6.07, 6.45) is -0.940. The van der Waals surface area contributed by atoms with Crippen LogP contribution in [0, 0.1) is 0 Å². The van der Waals surface area contributed by atoms with Gasteiger partial charge in [-0.1, -0.05) is 0 Å². The average Bonchev–Trinajstić information content (AvgIpc) is 1.61. The van der Waals surface area contributed by atoms with Gasteiger partial charge >= 0.3 is 103 Å². The van der Waals surface area contributed by atoms with Gasteiger partial charge in [-0.25, -0.2) is 0 Å². The fraction of sp³-hybridized carbons (Fsp3) is 0.500. The molecule has 12 heavy (non-hydrogen) atoms. The number of hydrogen-bond acceptors (Lipinski definition) is 4. The van der Waals surface area contributed by atoms with E-state index in [1.165, 1.54) is 0 Å². The van der Waals surface area contributed by atoms with Crippen molar-refractivity contribution in [1.82, 2.24) is 0 Å². The maximum Gasteiger partial charge on any atom is 2.00 e. The van der Waals surface area contributed by atoms with E-state index >= 15 is 0 Å². The molecular weight excluding hydrogens is 340 g/mol. The van der Waals surface area contributed by atoms with Crippen molar-refractivity contribution in [3.63, 3.8) is 0 Å². The van der Waals surface area contributed by atoms with Gasteiger partial charge in [-0.05, 0) is 12.8 Å². The second-order valence-electron chi connectivity index (χ2n) is 1.24. The molecule has 0 amide bonds. The van der Waals surface area contributed by atoms with Crippen LogP contribution in [0.25, 0.3) is 0 Å². The Morgan fingerprint density at radius 1 is 0.917 bits per heavy atom. The van der Waals surface area contributed by atoms with E-state index in [1.54, 1.807) is 0 Å². The molecule has 0 aromatic heterocycles. The normalized spacial score (nSPS) is 5.67. The summed E-state index contributed by atoms with van der Waals surface area (Å²) in [6.45, 7) is 0. The molecule has 0 aromatic carbocycles. The summed E-state index contributed by atoms with van der Waals surface area (Å²) < 4.78 is 0. The number of carboxylic acid groups (broad SMARTS) is 2. The smallest absolute Gasteiger partial charge is 1.00 e. The van der Waals surface area contributed by atoms with Crippen molar-refractivity contribution in [2.24, 2.45) is 0 Å². The third kappa shape index (κ3) is 29.3. The Kier molecular flexibility index (Phi) is 47.1. The molecule has 0 aliphatic heterocycles. The van der Waals surface area contributed by atoms with Crippen molar-refractivity contribution in [3.05, 3.63) is 0 Å². The fourth-order valence-corrected chi connectivity index (χ4v) is 0.204. The summed E-state index contributed by atoms with van der Waals surface area (Å²) in [5, 5.41) is 19.0. The van der Waals surface area contributed by atoms with Crippen LogP contribution in [0.15, 0.2) is 0 Å². The summed E-state index contributed by atoms with van der Waals surface area (Å²) in [5.74, 6) is -2.73. The number of hydrogen-bond donors (Lipinski definition) is 0. The quantitative estimate of drug-likeness (QED) is 0.477. The van der Waals surface area contributed by atoms with Gasteiger partial charge in [-0.3, -0.25) is 0 Å². The molecule has 0 rings (SSSR count). The second-order valence-corrected chi connectivity index (χ2v) is 1.24. The third-order valence-electron chi connectivity index (χ3n) is 0.533. The number of carbonyl (C=O) groups is 2. The molecule has 0 fully saturated rings. The maximum atomic E-state index is 9.50. The molecule has 0 unspecified atom stereocenters. The molecule has 0 saturated carbocycles. The van der Waals surface area contributed by atoms with Crippen LogP contribution in [0.1, 0.15) is 12.8 Å². The minimum absolute atomic E-state index is 0. The molecule has 8 heteroatoms. The molecule has 0 aliphatic carbocycles. The van der Waals surface area contributed by atoms with Crippen LogP contribution in [0.4, 0.5) is 0 Å². The molecule has 0 spiro atoms. The minimum atomic E-state index is -1.37. The number of carboxylic acids is 2. The zero-order valence-electron chi connectivity index (χ0n) is 6.55. The van der Waals surface area contributed by atoms with Crippen LogP contribution in [0.2, 0.25) is 0 Å². The van der Waals surface area contributed by atoms with E-state index in [0.717, 1.165) is 0 Å². The Hall–Kier alpha value is 2.67. The Morgan fingerprint density at radius 3 is 1.17 bits per heavy atom. The van der Waals surface area contributed by atoms with Crippen molar-refractivity contribution >= 4 is 87.4 Å². The number of aliphatic carboxylic acids is 2. The molecule has 0 radical (unpaired) electrons. The molecular formula is C4H4Ca2CdClO4+3. The monoisotopic (exact) mass is 345 g/mol. The molecule has 0 heterocycles. The van der Waals surface area contributed by atoms with Gasteiger partial charge in [0.15, 0.2) is 0 Å². The minimum Gasteiger partial charge on any atom is -1.00 e. The molecule has 0 aliphatic rings. The van der Waals surface area contributed by atoms with Gasteiger partial charge in [0.05, 0.1) is 0 Å². The first-order valence-electron chi connectivity index (χ1n) is 2.02. The van der Waals surface area contributed by atoms with Crippen molar-refractivity contribution in [1.29, 1.82) is 0 Å². The van der Waals surface area contributed by atoms with E-state index in [2.05, 4.69) is 0 Å². The Labute approximate surface area is 156 Å². The molecule has 0 aromatic rings. The third-order valence-corrected chi connectivity index (χ3v) is 0.533.